The van der Waals surface area contributed by atoms with Gasteiger partial charge in [0.25, 0.3) is 0 Å². The Balaban J connectivity index is 1.65. The van der Waals surface area contributed by atoms with Gasteiger partial charge in [-0.1, -0.05) is 12.1 Å². The molecule has 1 aromatic heterocycles. The number of nitrogens with one attached hydrogen (secondary N) is 1. The molecule has 0 amide bonds. The lowest BCUT2D eigenvalue weighted by atomic mass is 9.97. The Morgan fingerprint density at radius 1 is 1.43 bits per heavy atom. The summed E-state index contributed by atoms with van der Waals surface area (Å²) in [5.74, 6) is 2.60. The third-order valence-corrected chi connectivity index (χ3v) is 4.16. The highest BCUT2D eigenvalue weighted by atomic mass is 16.5. The SMILES string of the molecule is COc1cccc(CN2CCC[C@@H](c3ncc(C)[nH]3)C2)c1. The molecule has 1 aliphatic heterocycles. The molecule has 1 saturated heterocycles. The molecule has 1 N–H and O–H groups in total. The molecular formula is C17H23N3O. The fourth-order valence-corrected chi connectivity index (χ4v) is 3.09. The van der Waals surface area contributed by atoms with Gasteiger partial charge in [-0.3, -0.25) is 4.90 Å². The van der Waals surface area contributed by atoms with Crippen molar-refractivity contribution in [2.24, 2.45) is 0 Å². The van der Waals surface area contributed by atoms with Gasteiger partial charge < -0.3 is 9.72 Å². The molecule has 0 spiro atoms. The van der Waals surface area contributed by atoms with Gasteiger partial charge in [-0.25, -0.2) is 4.98 Å². The largest absolute Gasteiger partial charge is 0.497 e. The maximum Gasteiger partial charge on any atom is 0.119 e. The predicted octanol–water partition coefficient (Wildman–Crippen LogP) is 3.11. The number of H-pyrrole nitrogens is 1. The number of piperidine rings is 1. The maximum absolute atomic E-state index is 5.30. The number of ether oxygens (including phenoxy) is 1. The number of likely N-dealkylation sites (tertiary alicyclic amines) is 1. The number of aromatic amines is 1. The molecule has 0 unspecified atom stereocenters. The zero-order valence-electron chi connectivity index (χ0n) is 12.8. The molecule has 21 heavy (non-hydrogen) atoms. The molecule has 1 fully saturated rings. The Labute approximate surface area is 126 Å². The quantitative estimate of drug-likeness (QED) is 0.938. The van der Waals surface area contributed by atoms with Crippen molar-refractivity contribution < 1.29 is 4.74 Å². The molecule has 2 heterocycles. The molecule has 4 heteroatoms. The Morgan fingerprint density at radius 2 is 2.33 bits per heavy atom. The molecule has 1 atom stereocenters. The molecule has 1 aromatic carbocycles. The predicted molar refractivity (Wildman–Crippen MR) is 83.6 cm³/mol. The maximum atomic E-state index is 5.30. The van der Waals surface area contributed by atoms with E-state index in [0.717, 1.165) is 36.9 Å². The number of benzene rings is 1. The van der Waals surface area contributed by atoms with Crippen LogP contribution in [0.5, 0.6) is 5.75 Å². The van der Waals surface area contributed by atoms with Crippen molar-refractivity contribution in [1.82, 2.24) is 14.9 Å². The van der Waals surface area contributed by atoms with Crippen LogP contribution in [0, 0.1) is 6.92 Å². The molecule has 0 radical (unpaired) electrons. The first-order valence-electron chi connectivity index (χ1n) is 7.61. The van der Waals surface area contributed by atoms with Gasteiger partial charge in [-0.2, -0.15) is 0 Å². The lowest BCUT2D eigenvalue weighted by Gasteiger charge is -2.31. The van der Waals surface area contributed by atoms with Gasteiger partial charge in [0.2, 0.25) is 0 Å². The lowest BCUT2D eigenvalue weighted by molar-refractivity contribution is 0.197. The topological polar surface area (TPSA) is 41.1 Å². The van der Waals surface area contributed by atoms with E-state index in [2.05, 4.69) is 40.0 Å². The molecule has 0 saturated carbocycles. The summed E-state index contributed by atoms with van der Waals surface area (Å²) in [6, 6.07) is 8.35. The lowest BCUT2D eigenvalue weighted by Crippen LogP contribution is -2.34. The molecule has 2 aromatic rings. The van der Waals surface area contributed by atoms with Crippen molar-refractivity contribution in [3.8, 4) is 5.75 Å². The van der Waals surface area contributed by atoms with Crippen molar-refractivity contribution in [1.29, 1.82) is 0 Å². The van der Waals surface area contributed by atoms with E-state index in [4.69, 9.17) is 4.74 Å². The standard InChI is InChI=1S/C17H23N3O/c1-13-10-18-17(19-13)15-6-4-8-20(12-15)11-14-5-3-7-16(9-14)21-2/h3,5,7,9-10,15H,4,6,8,11-12H2,1-2H3,(H,18,19)/t15-/m1/s1. The number of hydrogen-bond acceptors (Lipinski definition) is 3. The minimum Gasteiger partial charge on any atom is -0.497 e. The minimum absolute atomic E-state index is 0.526. The molecular weight excluding hydrogens is 262 g/mol. The van der Waals surface area contributed by atoms with Crippen LogP contribution in [0.15, 0.2) is 30.5 Å². The number of aromatic nitrogens is 2. The van der Waals surface area contributed by atoms with Crippen LogP contribution in [-0.2, 0) is 6.54 Å². The highest BCUT2D eigenvalue weighted by Crippen LogP contribution is 2.26. The first-order chi connectivity index (χ1) is 10.2. The number of imidazole rings is 1. The monoisotopic (exact) mass is 285 g/mol. The van der Waals surface area contributed by atoms with E-state index in [1.807, 2.05) is 12.3 Å². The van der Waals surface area contributed by atoms with Gasteiger partial charge in [0.15, 0.2) is 0 Å². The van der Waals surface area contributed by atoms with Crippen molar-refractivity contribution in [3.05, 3.63) is 47.5 Å². The summed E-state index contributed by atoms with van der Waals surface area (Å²) in [5.41, 5.74) is 2.46. The Bertz CT molecular complexity index is 593. The summed E-state index contributed by atoms with van der Waals surface area (Å²) in [4.78, 5) is 10.4. The van der Waals surface area contributed by atoms with Crippen molar-refractivity contribution in [3.63, 3.8) is 0 Å². The average Bonchev–Trinajstić information content (AvgIpc) is 2.94. The van der Waals surface area contributed by atoms with E-state index < -0.39 is 0 Å². The van der Waals surface area contributed by atoms with Crippen LogP contribution in [0.4, 0.5) is 0 Å². The second-order valence-corrected chi connectivity index (χ2v) is 5.88. The molecule has 4 nitrogen and oxygen atoms in total. The van der Waals surface area contributed by atoms with E-state index in [1.165, 1.54) is 18.4 Å². The van der Waals surface area contributed by atoms with Crippen LogP contribution >= 0.6 is 0 Å². The van der Waals surface area contributed by atoms with Crippen LogP contribution in [-0.4, -0.2) is 35.1 Å². The Morgan fingerprint density at radius 3 is 3.10 bits per heavy atom. The number of nitrogens with zero attached hydrogens (tertiary/aromatic N) is 2. The second-order valence-electron chi connectivity index (χ2n) is 5.88. The summed E-state index contributed by atoms with van der Waals surface area (Å²) < 4.78 is 5.30. The van der Waals surface area contributed by atoms with Crippen LogP contribution in [0.2, 0.25) is 0 Å². The number of methoxy groups -OCH3 is 1. The molecule has 0 aliphatic carbocycles. The fraction of sp³-hybridized carbons (Fsp3) is 0.471. The third-order valence-electron chi connectivity index (χ3n) is 4.16. The summed E-state index contributed by atoms with van der Waals surface area (Å²) >= 11 is 0. The van der Waals surface area contributed by atoms with E-state index in [9.17, 15) is 0 Å². The average molecular weight is 285 g/mol. The number of rotatable bonds is 4. The molecule has 3 rings (SSSR count). The molecule has 0 bridgehead atoms. The van der Waals surface area contributed by atoms with Gasteiger partial charge in [-0.15, -0.1) is 0 Å². The van der Waals surface area contributed by atoms with E-state index in [0.29, 0.717) is 5.92 Å². The van der Waals surface area contributed by atoms with Gasteiger partial charge in [0, 0.05) is 30.9 Å². The minimum atomic E-state index is 0.526. The van der Waals surface area contributed by atoms with Crippen LogP contribution in [0.1, 0.15) is 35.8 Å². The third kappa shape index (κ3) is 3.45. The van der Waals surface area contributed by atoms with Gasteiger partial charge in [0.05, 0.1) is 7.11 Å². The fourth-order valence-electron chi connectivity index (χ4n) is 3.09. The van der Waals surface area contributed by atoms with Crippen molar-refractivity contribution in [2.75, 3.05) is 20.2 Å². The Kier molecular flexibility index (Phi) is 4.25. The van der Waals surface area contributed by atoms with Crippen molar-refractivity contribution >= 4 is 0 Å². The van der Waals surface area contributed by atoms with E-state index >= 15 is 0 Å². The van der Waals surface area contributed by atoms with E-state index in [1.54, 1.807) is 7.11 Å². The van der Waals surface area contributed by atoms with Gasteiger partial charge >= 0.3 is 0 Å². The molecule has 1 aliphatic rings. The summed E-state index contributed by atoms with van der Waals surface area (Å²) in [6.07, 6.45) is 4.38. The van der Waals surface area contributed by atoms with Crippen LogP contribution in [0.3, 0.4) is 0 Å². The molecule has 112 valence electrons. The summed E-state index contributed by atoms with van der Waals surface area (Å²) in [7, 11) is 1.72. The van der Waals surface area contributed by atoms with E-state index in [-0.39, 0.29) is 0 Å². The summed E-state index contributed by atoms with van der Waals surface area (Å²) in [5, 5.41) is 0. The number of aryl methyl sites for hydroxylation is 1. The zero-order valence-corrected chi connectivity index (χ0v) is 12.8. The summed E-state index contributed by atoms with van der Waals surface area (Å²) in [6.45, 7) is 5.28. The number of hydrogen-bond donors (Lipinski definition) is 1. The van der Waals surface area contributed by atoms with Crippen LogP contribution < -0.4 is 4.74 Å². The first kappa shape index (κ1) is 14.1. The highest BCUT2D eigenvalue weighted by Gasteiger charge is 2.23. The van der Waals surface area contributed by atoms with Crippen molar-refractivity contribution in [2.45, 2.75) is 32.2 Å². The Hall–Kier alpha value is -1.81. The zero-order chi connectivity index (χ0) is 14.7. The van der Waals surface area contributed by atoms with Gasteiger partial charge in [0.1, 0.15) is 11.6 Å². The first-order valence-corrected chi connectivity index (χ1v) is 7.61. The normalized spacial score (nSPS) is 19.6. The second kappa shape index (κ2) is 6.31. The highest BCUT2D eigenvalue weighted by molar-refractivity contribution is 5.28. The smallest absolute Gasteiger partial charge is 0.119 e. The van der Waals surface area contributed by atoms with Gasteiger partial charge in [-0.05, 0) is 44.0 Å². The van der Waals surface area contributed by atoms with Crippen LogP contribution in [0.25, 0.3) is 0 Å².